The molecule has 34 heavy (non-hydrogen) atoms. The molecule has 3 rings (SSSR count). The summed E-state index contributed by atoms with van der Waals surface area (Å²) < 4.78 is 76.6. The molecule has 184 valence electrons. The van der Waals surface area contributed by atoms with Gasteiger partial charge in [-0.3, -0.25) is 0 Å². The van der Waals surface area contributed by atoms with Gasteiger partial charge in [0.15, 0.2) is 0 Å². The molecule has 0 N–H and O–H groups in total. The van der Waals surface area contributed by atoms with Gasteiger partial charge in [0.2, 0.25) is 0 Å². The van der Waals surface area contributed by atoms with Gasteiger partial charge < -0.3 is 0 Å². The van der Waals surface area contributed by atoms with Crippen molar-refractivity contribution in [3.05, 3.63) is 65.5 Å². The van der Waals surface area contributed by atoms with Gasteiger partial charge in [0.25, 0.3) is 0 Å². The van der Waals surface area contributed by atoms with Crippen LogP contribution in [0.4, 0.5) is 22.0 Å². The standard InChI is InChI=1S/C16H6F5.3C4H9.Sn/c17-12-11(13(18)15(20)16(21)14(12)19)10-6-5-8-3-1-2-4-9(8)7-10;3*1-3-4-2;/h1-6H;3*1,3-4H2,2H3;. The van der Waals surface area contributed by atoms with Crippen LogP contribution in [0, 0.1) is 29.1 Å². The zero-order valence-corrected chi connectivity index (χ0v) is 23.1. The predicted molar refractivity (Wildman–Crippen MR) is 134 cm³/mol. The first kappa shape index (κ1) is 27.0. The summed E-state index contributed by atoms with van der Waals surface area (Å²) in [4.78, 5) is 0. The summed E-state index contributed by atoms with van der Waals surface area (Å²) in [5.74, 6) is -9.36. The Hall–Kier alpha value is -1.63. The number of hydrogen-bond donors (Lipinski definition) is 0. The van der Waals surface area contributed by atoms with Gasteiger partial charge in [0.1, 0.15) is 0 Å². The van der Waals surface area contributed by atoms with E-state index in [1.54, 1.807) is 12.1 Å². The molecule has 0 aromatic heterocycles. The number of unbranched alkanes of at least 4 members (excludes halogenated alkanes) is 3. The zero-order valence-electron chi connectivity index (χ0n) is 20.2. The van der Waals surface area contributed by atoms with Crippen molar-refractivity contribution in [3.63, 3.8) is 0 Å². The van der Waals surface area contributed by atoms with Crippen molar-refractivity contribution >= 4 is 32.7 Å². The number of rotatable bonds is 11. The van der Waals surface area contributed by atoms with Crippen molar-refractivity contribution in [2.45, 2.75) is 72.6 Å². The second-order valence-corrected chi connectivity index (χ2v) is 22.3. The first-order valence-electron chi connectivity index (χ1n) is 12.4. The van der Waals surface area contributed by atoms with E-state index in [4.69, 9.17) is 0 Å². The van der Waals surface area contributed by atoms with Crippen LogP contribution in [0.1, 0.15) is 59.3 Å². The van der Waals surface area contributed by atoms with Crippen LogP contribution in [0.25, 0.3) is 21.9 Å². The number of fused-ring (bicyclic) bond motifs is 1. The van der Waals surface area contributed by atoms with Gasteiger partial charge in [0.05, 0.1) is 0 Å². The van der Waals surface area contributed by atoms with Crippen molar-refractivity contribution in [1.82, 2.24) is 0 Å². The van der Waals surface area contributed by atoms with Crippen LogP contribution >= 0.6 is 0 Å². The van der Waals surface area contributed by atoms with Crippen LogP contribution in [0.3, 0.4) is 0 Å². The van der Waals surface area contributed by atoms with E-state index >= 15 is 8.78 Å². The van der Waals surface area contributed by atoms with Crippen LogP contribution in [-0.4, -0.2) is 18.4 Å². The first-order chi connectivity index (χ1) is 16.3. The second kappa shape index (κ2) is 11.9. The summed E-state index contributed by atoms with van der Waals surface area (Å²) in [6.07, 6.45) is 6.01. The normalized spacial score (nSPS) is 12.0. The Labute approximate surface area is 203 Å². The molecule has 3 aromatic carbocycles. The van der Waals surface area contributed by atoms with Crippen LogP contribution in [-0.2, 0) is 0 Å². The van der Waals surface area contributed by atoms with Gasteiger partial charge in [-0.25, -0.2) is 0 Å². The molecule has 0 unspecified atom stereocenters. The van der Waals surface area contributed by atoms with E-state index in [1.165, 1.54) is 0 Å². The van der Waals surface area contributed by atoms with Gasteiger partial charge in [-0.1, -0.05) is 0 Å². The Balaban J connectivity index is 2.47. The number of halogens is 5. The molecule has 0 saturated carbocycles. The van der Waals surface area contributed by atoms with E-state index in [-0.39, 0.29) is 5.56 Å². The van der Waals surface area contributed by atoms with E-state index in [0.717, 1.165) is 66.2 Å². The molecule has 6 heteroatoms. The molecule has 0 fully saturated rings. The zero-order chi connectivity index (χ0) is 24.9. The van der Waals surface area contributed by atoms with Crippen LogP contribution in [0.5, 0.6) is 0 Å². The molecular formula is C28H33F5Sn. The van der Waals surface area contributed by atoms with Gasteiger partial charge in [-0.05, 0) is 0 Å². The Morgan fingerprint density at radius 3 is 1.56 bits per heavy atom. The molecule has 0 bridgehead atoms. The quantitative estimate of drug-likeness (QED) is 0.0914. The van der Waals surface area contributed by atoms with Crippen LogP contribution in [0.15, 0.2) is 36.4 Å². The topological polar surface area (TPSA) is 0 Å². The van der Waals surface area contributed by atoms with E-state index in [9.17, 15) is 13.2 Å². The summed E-state index contributed by atoms with van der Waals surface area (Å²) in [5.41, 5.74) is -0.576. The number of hydrogen-bond acceptors (Lipinski definition) is 0. The Bertz CT molecular complexity index is 1090. The third kappa shape index (κ3) is 5.14. The van der Waals surface area contributed by atoms with Crippen molar-refractivity contribution in [2.75, 3.05) is 0 Å². The maximum atomic E-state index is 15.1. The van der Waals surface area contributed by atoms with Crippen molar-refractivity contribution in [1.29, 1.82) is 0 Å². The molecular weight excluding hydrogens is 550 g/mol. The monoisotopic (exact) mass is 584 g/mol. The summed E-state index contributed by atoms with van der Waals surface area (Å²) >= 11 is -3.40. The Morgan fingerprint density at radius 1 is 0.588 bits per heavy atom. The Morgan fingerprint density at radius 2 is 1.06 bits per heavy atom. The molecule has 0 aliphatic carbocycles. The molecule has 3 aromatic rings. The van der Waals surface area contributed by atoms with Crippen molar-refractivity contribution in [3.8, 4) is 11.1 Å². The fourth-order valence-electron chi connectivity index (χ4n) is 5.19. The molecule has 0 nitrogen and oxygen atoms in total. The number of benzene rings is 3. The summed E-state index contributed by atoms with van der Waals surface area (Å²) in [7, 11) is 0. The predicted octanol–water partition coefficient (Wildman–Crippen LogP) is 9.26. The van der Waals surface area contributed by atoms with E-state index < -0.39 is 53.0 Å². The van der Waals surface area contributed by atoms with Gasteiger partial charge >= 0.3 is 204 Å². The molecule has 0 aliphatic rings. The summed E-state index contributed by atoms with van der Waals surface area (Å²) in [6, 6.07) is 11.0. The average Bonchev–Trinajstić information content (AvgIpc) is 2.86. The average molecular weight is 583 g/mol. The molecule has 0 amide bonds. The van der Waals surface area contributed by atoms with E-state index in [1.807, 2.05) is 24.3 Å². The third-order valence-corrected chi connectivity index (χ3v) is 22.8. The van der Waals surface area contributed by atoms with Gasteiger partial charge in [0, 0.05) is 0 Å². The fourth-order valence-corrected chi connectivity index (χ4v) is 22.8. The molecule has 0 spiro atoms. The summed E-state index contributed by atoms with van der Waals surface area (Å²) in [6.45, 7) is 6.39. The van der Waals surface area contributed by atoms with Crippen LogP contribution < -0.4 is 3.58 Å². The second-order valence-electron chi connectivity index (χ2n) is 9.25. The Kier molecular flexibility index (Phi) is 9.41. The molecule has 0 atom stereocenters. The van der Waals surface area contributed by atoms with Crippen molar-refractivity contribution < 1.29 is 22.0 Å². The minimum absolute atomic E-state index is 0.200. The van der Waals surface area contributed by atoms with Gasteiger partial charge in [-0.15, -0.1) is 0 Å². The van der Waals surface area contributed by atoms with E-state index in [2.05, 4.69) is 20.8 Å². The SMILES string of the molecule is CCC[CH2][Sn]([CH2]CCC)([CH2]CCC)[c]1c(-c2c(F)c(F)c(F)c(F)c2F)ccc2ccccc12. The first-order valence-corrected chi connectivity index (χ1v) is 19.8. The minimum atomic E-state index is -3.40. The van der Waals surface area contributed by atoms with Gasteiger partial charge in [-0.2, -0.15) is 0 Å². The van der Waals surface area contributed by atoms with E-state index in [0.29, 0.717) is 0 Å². The van der Waals surface area contributed by atoms with Crippen LogP contribution in [0.2, 0.25) is 13.3 Å². The molecule has 0 heterocycles. The van der Waals surface area contributed by atoms with Crippen molar-refractivity contribution in [2.24, 2.45) is 0 Å². The maximum absolute atomic E-state index is 15.1. The summed E-state index contributed by atoms with van der Waals surface area (Å²) in [5, 5.41) is 1.85. The fraction of sp³-hybridized carbons (Fsp3) is 0.429. The third-order valence-electron chi connectivity index (χ3n) is 6.97. The molecule has 0 saturated heterocycles. The molecule has 0 aliphatic heterocycles. The molecule has 0 radical (unpaired) electrons.